The Morgan fingerprint density at radius 1 is 1.10 bits per heavy atom. The van der Waals surface area contributed by atoms with E-state index in [1.54, 1.807) is 13.3 Å². The fourth-order valence-corrected chi connectivity index (χ4v) is 4.08. The highest BCUT2D eigenvalue weighted by molar-refractivity contribution is 8.15. The summed E-state index contributed by atoms with van der Waals surface area (Å²) in [5.41, 5.74) is 1.97. The lowest BCUT2D eigenvalue weighted by molar-refractivity contribution is -0.118. The van der Waals surface area contributed by atoms with Crippen LogP contribution < -0.4 is 14.8 Å². The summed E-state index contributed by atoms with van der Waals surface area (Å²) in [6.45, 7) is 2.95. The predicted octanol–water partition coefficient (Wildman–Crippen LogP) is 4.82. The fraction of sp³-hybridized carbons (Fsp3) is 0.375. The van der Waals surface area contributed by atoms with Gasteiger partial charge in [-0.15, -0.1) is 5.10 Å². The second-order valence-corrected chi connectivity index (χ2v) is 8.47. The number of carbonyl (C=O) groups excluding carboxylic acids is 1. The molecule has 2 aromatic carbocycles. The molecule has 1 aliphatic rings. The van der Waals surface area contributed by atoms with E-state index in [4.69, 9.17) is 9.47 Å². The number of amidine groups is 1. The third-order valence-corrected chi connectivity index (χ3v) is 5.91. The van der Waals surface area contributed by atoms with E-state index in [1.807, 2.05) is 48.5 Å². The maximum atomic E-state index is 12.2. The van der Waals surface area contributed by atoms with Gasteiger partial charge >= 0.3 is 0 Å². The number of benzene rings is 2. The predicted molar refractivity (Wildman–Crippen MR) is 127 cm³/mol. The summed E-state index contributed by atoms with van der Waals surface area (Å²) in [6.07, 6.45) is 7.04. The van der Waals surface area contributed by atoms with E-state index in [0.717, 1.165) is 35.7 Å². The van der Waals surface area contributed by atoms with Gasteiger partial charge in [-0.1, -0.05) is 50.1 Å². The molecule has 1 heterocycles. The number of thioether (sulfide) groups is 1. The summed E-state index contributed by atoms with van der Waals surface area (Å²) in [5, 5.41) is 11.4. The van der Waals surface area contributed by atoms with Crippen LogP contribution in [0.4, 0.5) is 0 Å². The molecule has 31 heavy (non-hydrogen) atoms. The van der Waals surface area contributed by atoms with Crippen molar-refractivity contribution in [2.45, 2.75) is 44.3 Å². The Labute approximate surface area is 188 Å². The number of unbranched alkanes of at least 4 members (excludes halogenated alkanes) is 3. The highest BCUT2D eigenvalue weighted by Crippen LogP contribution is 2.25. The van der Waals surface area contributed by atoms with Crippen molar-refractivity contribution in [2.24, 2.45) is 10.2 Å². The van der Waals surface area contributed by atoms with Crippen LogP contribution in [-0.2, 0) is 11.2 Å². The smallest absolute Gasteiger partial charge is 0.239 e. The van der Waals surface area contributed by atoms with E-state index in [9.17, 15) is 4.79 Å². The molecule has 1 aliphatic heterocycles. The Balaban J connectivity index is 1.48. The quantitative estimate of drug-likeness (QED) is 0.310. The average molecular weight is 440 g/mol. The molecule has 0 radical (unpaired) electrons. The van der Waals surface area contributed by atoms with Crippen LogP contribution in [0.1, 0.15) is 43.7 Å². The van der Waals surface area contributed by atoms with Crippen LogP contribution in [0.15, 0.2) is 58.7 Å². The highest BCUT2D eigenvalue weighted by atomic mass is 32.2. The van der Waals surface area contributed by atoms with E-state index < -0.39 is 0 Å². The van der Waals surface area contributed by atoms with E-state index in [1.165, 1.54) is 31.0 Å². The van der Waals surface area contributed by atoms with Gasteiger partial charge in [0.2, 0.25) is 5.91 Å². The molecule has 1 atom stereocenters. The second kappa shape index (κ2) is 12.2. The summed E-state index contributed by atoms with van der Waals surface area (Å²) >= 11 is 1.39. The number of hydrogen-bond donors (Lipinski definition) is 1. The number of carbonyl (C=O) groups is 1. The van der Waals surface area contributed by atoms with Crippen molar-refractivity contribution in [3.8, 4) is 11.5 Å². The van der Waals surface area contributed by atoms with Gasteiger partial charge in [0.1, 0.15) is 11.5 Å². The van der Waals surface area contributed by atoms with Gasteiger partial charge in [0.25, 0.3) is 0 Å². The zero-order valence-electron chi connectivity index (χ0n) is 18.0. The van der Waals surface area contributed by atoms with Crippen molar-refractivity contribution in [1.82, 2.24) is 5.32 Å². The number of methoxy groups -OCH3 is 1. The maximum absolute atomic E-state index is 12.2. The molecule has 0 saturated carbocycles. The van der Waals surface area contributed by atoms with E-state index in [-0.39, 0.29) is 11.2 Å². The Bertz CT molecular complexity index is 913. The lowest BCUT2D eigenvalue weighted by Crippen LogP contribution is -2.25. The molecule has 0 spiro atoms. The van der Waals surface area contributed by atoms with Gasteiger partial charge < -0.3 is 14.8 Å². The number of nitrogens with zero attached hydrogens (tertiary/aromatic N) is 2. The number of amides is 1. The largest absolute Gasteiger partial charge is 0.497 e. The summed E-state index contributed by atoms with van der Waals surface area (Å²) in [6, 6.07) is 15.5. The van der Waals surface area contributed by atoms with Crippen LogP contribution in [0.3, 0.4) is 0 Å². The summed E-state index contributed by atoms with van der Waals surface area (Å²) < 4.78 is 11.0. The molecular weight excluding hydrogens is 410 g/mol. The van der Waals surface area contributed by atoms with Crippen LogP contribution in [0.5, 0.6) is 11.5 Å². The average Bonchev–Trinajstić information content (AvgIpc) is 3.13. The van der Waals surface area contributed by atoms with Crippen molar-refractivity contribution >= 4 is 29.1 Å². The van der Waals surface area contributed by atoms with E-state index >= 15 is 0 Å². The number of rotatable bonds is 11. The standard InChI is InChI=1S/C24H29N3O3S/c1-3-4-5-6-14-30-20-12-10-18(11-13-20)17-25-27-24-26-23(28)22(31-24)16-19-8-7-9-21(15-19)29-2/h7-13,15,17,22H,3-6,14,16H2,1-2H3,(H,26,27,28)/b25-17+. The van der Waals surface area contributed by atoms with Gasteiger partial charge in [0, 0.05) is 0 Å². The van der Waals surface area contributed by atoms with Crippen LogP contribution in [-0.4, -0.2) is 36.3 Å². The Morgan fingerprint density at radius 3 is 2.71 bits per heavy atom. The van der Waals surface area contributed by atoms with E-state index in [2.05, 4.69) is 22.4 Å². The van der Waals surface area contributed by atoms with E-state index in [0.29, 0.717) is 11.6 Å². The van der Waals surface area contributed by atoms with Crippen molar-refractivity contribution < 1.29 is 14.3 Å². The first kappa shape index (κ1) is 22.9. The lowest BCUT2D eigenvalue weighted by Gasteiger charge is -2.07. The molecule has 3 rings (SSSR count). The number of hydrogen-bond acceptors (Lipinski definition) is 6. The van der Waals surface area contributed by atoms with Gasteiger partial charge in [-0.05, 0) is 60.4 Å². The molecule has 0 aromatic heterocycles. The zero-order valence-corrected chi connectivity index (χ0v) is 18.9. The first-order chi connectivity index (χ1) is 15.2. The fourth-order valence-electron chi connectivity index (χ4n) is 3.12. The molecule has 1 fully saturated rings. The molecule has 1 unspecified atom stereocenters. The van der Waals surface area contributed by atoms with Gasteiger partial charge in [0.15, 0.2) is 5.17 Å². The molecule has 1 amide bonds. The Hall–Kier alpha value is -2.80. The van der Waals surface area contributed by atoms with Crippen LogP contribution in [0.25, 0.3) is 0 Å². The molecule has 6 nitrogen and oxygen atoms in total. The second-order valence-electron chi connectivity index (χ2n) is 7.28. The molecular formula is C24H29N3O3S. The van der Waals surface area contributed by atoms with Crippen molar-refractivity contribution in [2.75, 3.05) is 13.7 Å². The van der Waals surface area contributed by atoms with Gasteiger partial charge in [-0.25, -0.2) is 0 Å². The molecule has 1 N–H and O–H groups in total. The highest BCUT2D eigenvalue weighted by Gasteiger charge is 2.30. The molecule has 0 aliphatic carbocycles. The third-order valence-electron chi connectivity index (χ3n) is 4.83. The van der Waals surface area contributed by atoms with Gasteiger partial charge in [-0.2, -0.15) is 5.10 Å². The van der Waals surface area contributed by atoms with Crippen LogP contribution in [0, 0.1) is 0 Å². The van der Waals surface area contributed by atoms with Crippen LogP contribution >= 0.6 is 11.8 Å². The summed E-state index contributed by atoms with van der Waals surface area (Å²) in [7, 11) is 1.63. The van der Waals surface area contributed by atoms with Crippen LogP contribution in [0.2, 0.25) is 0 Å². The van der Waals surface area contributed by atoms with Gasteiger partial charge in [-0.3, -0.25) is 4.79 Å². The first-order valence-corrected chi connectivity index (χ1v) is 11.5. The zero-order chi connectivity index (χ0) is 21.9. The Morgan fingerprint density at radius 2 is 1.94 bits per heavy atom. The number of ether oxygens (including phenoxy) is 2. The Kier molecular flexibility index (Phi) is 8.97. The minimum atomic E-state index is -0.227. The lowest BCUT2D eigenvalue weighted by atomic mass is 10.1. The molecule has 2 aromatic rings. The summed E-state index contributed by atoms with van der Waals surface area (Å²) in [4.78, 5) is 12.2. The SMILES string of the molecule is CCCCCCOc1ccc(/C=N/N=C2/NC(=O)C(Cc3cccc(OC)c3)S2)cc1. The monoisotopic (exact) mass is 439 g/mol. The first-order valence-electron chi connectivity index (χ1n) is 10.6. The van der Waals surface area contributed by atoms with Crippen molar-refractivity contribution in [1.29, 1.82) is 0 Å². The molecule has 0 bridgehead atoms. The topological polar surface area (TPSA) is 72.3 Å². The third kappa shape index (κ3) is 7.43. The normalized spacial score (nSPS) is 17.3. The minimum Gasteiger partial charge on any atom is -0.497 e. The van der Waals surface area contributed by atoms with Gasteiger partial charge in [0.05, 0.1) is 25.2 Å². The summed E-state index contributed by atoms with van der Waals surface area (Å²) in [5.74, 6) is 1.59. The number of nitrogens with one attached hydrogen (secondary N) is 1. The van der Waals surface area contributed by atoms with Crippen molar-refractivity contribution in [3.05, 3.63) is 59.7 Å². The molecule has 1 saturated heterocycles. The van der Waals surface area contributed by atoms with Crippen molar-refractivity contribution in [3.63, 3.8) is 0 Å². The minimum absolute atomic E-state index is 0.0535. The maximum Gasteiger partial charge on any atom is 0.239 e. The molecule has 7 heteroatoms. The molecule has 164 valence electrons.